The Kier molecular flexibility index (Phi) is 8.77. The highest BCUT2D eigenvalue weighted by molar-refractivity contribution is 9.10. The summed E-state index contributed by atoms with van der Waals surface area (Å²) in [4.78, 5) is 23.5. The second kappa shape index (κ2) is 11.3. The van der Waals surface area contributed by atoms with Crippen molar-refractivity contribution in [3.63, 3.8) is 0 Å². The van der Waals surface area contributed by atoms with Crippen molar-refractivity contribution in [2.45, 2.75) is 19.3 Å². The molecule has 0 aliphatic rings. The third kappa shape index (κ3) is 8.21. The number of rotatable bonds is 10. The minimum atomic E-state index is -0.330. The number of benzene rings is 2. The van der Waals surface area contributed by atoms with E-state index < -0.39 is 0 Å². The van der Waals surface area contributed by atoms with Crippen LogP contribution in [0.15, 0.2) is 53.0 Å². The maximum absolute atomic E-state index is 12.8. The van der Waals surface area contributed by atoms with Crippen molar-refractivity contribution >= 4 is 27.7 Å². The molecule has 0 atom stereocenters. The third-order valence-electron chi connectivity index (χ3n) is 3.69. The minimum absolute atomic E-state index is 0.0847. The Morgan fingerprint density at radius 3 is 2.33 bits per heavy atom. The van der Waals surface area contributed by atoms with Gasteiger partial charge in [-0.1, -0.05) is 24.3 Å². The molecule has 2 rings (SSSR count). The Balaban J connectivity index is 1.52. The second-order valence-corrected chi connectivity index (χ2v) is 6.74. The molecule has 2 aromatic rings. The van der Waals surface area contributed by atoms with Crippen LogP contribution in [-0.2, 0) is 16.0 Å². The zero-order valence-electron chi connectivity index (χ0n) is 14.8. The highest BCUT2D eigenvalue weighted by Crippen LogP contribution is 2.23. The Morgan fingerprint density at radius 2 is 1.63 bits per heavy atom. The molecule has 0 fully saturated rings. The molecule has 0 spiro atoms. The number of carbonyl (C=O) groups excluding carboxylic acids is 2. The van der Waals surface area contributed by atoms with Crippen LogP contribution < -0.4 is 15.4 Å². The van der Waals surface area contributed by atoms with Crippen molar-refractivity contribution in [1.29, 1.82) is 0 Å². The summed E-state index contributed by atoms with van der Waals surface area (Å²) in [7, 11) is 0. The van der Waals surface area contributed by atoms with Gasteiger partial charge in [0.15, 0.2) is 0 Å². The van der Waals surface area contributed by atoms with Crippen molar-refractivity contribution in [2.24, 2.45) is 0 Å². The van der Waals surface area contributed by atoms with Gasteiger partial charge in [0.1, 0.15) is 11.6 Å². The van der Waals surface area contributed by atoms with E-state index in [0.717, 1.165) is 15.8 Å². The van der Waals surface area contributed by atoms with Crippen LogP contribution in [0, 0.1) is 5.82 Å². The van der Waals surface area contributed by atoms with Crippen LogP contribution in [-0.4, -0.2) is 31.5 Å². The van der Waals surface area contributed by atoms with E-state index in [4.69, 9.17) is 4.74 Å². The molecule has 0 aliphatic carbocycles. The Bertz CT molecular complexity index is 753. The van der Waals surface area contributed by atoms with Gasteiger partial charge in [-0.2, -0.15) is 0 Å². The molecule has 0 aliphatic heterocycles. The number of halogens is 2. The molecule has 0 unspecified atom stereocenters. The molecule has 0 radical (unpaired) electrons. The van der Waals surface area contributed by atoms with Gasteiger partial charge in [0, 0.05) is 19.5 Å². The topological polar surface area (TPSA) is 67.4 Å². The molecule has 5 nitrogen and oxygen atoms in total. The van der Waals surface area contributed by atoms with Crippen LogP contribution in [0.3, 0.4) is 0 Å². The predicted molar refractivity (Wildman–Crippen MR) is 105 cm³/mol. The van der Waals surface area contributed by atoms with Gasteiger partial charge in [0.25, 0.3) is 0 Å². The lowest BCUT2D eigenvalue weighted by atomic mass is 10.1. The number of para-hydroxylation sites is 1. The number of carbonyl (C=O) groups is 2. The van der Waals surface area contributed by atoms with E-state index in [9.17, 15) is 14.0 Å². The molecule has 0 saturated carbocycles. The van der Waals surface area contributed by atoms with Crippen LogP contribution in [0.2, 0.25) is 0 Å². The van der Waals surface area contributed by atoms with Gasteiger partial charge < -0.3 is 15.4 Å². The molecule has 7 heteroatoms. The molecule has 144 valence electrons. The van der Waals surface area contributed by atoms with E-state index in [0.29, 0.717) is 32.5 Å². The van der Waals surface area contributed by atoms with Gasteiger partial charge in [-0.15, -0.1) is 0 Å². The average Bonchev–Trinajstić information content (AvgIpc) is 2.65. The summed E-state index contributed by atoms with van der Waals surface area (Å²) in [6, 6.07) is 13.3. The van der Waals surface area contributed by atoms with Gasteiger partial charge in [-0.05, 0) is 52.2 Å². The smallest absolute Gasteiger partial charge is 0.224 e. The maximum Gasteiger partial charge on any atom is 0.224 e. The average molecular weight is 437 g/mol. The normalized spacial score (nSPS) is 10.3. The lowest BCUT2D eigenvalue weighted by Gasteiger charge is -2.09. The molecule has 27 heavy (non-hydrogen) atoms. The van der Waals surface area contributed by atoms with Gasteiger partial charge in [0.05, 0.1) is 17.5 Å². The molecule has 0 heterocycles. The Hall–Kier alpha value is -2.41. The molecule has 2 N–H and O–H groups in total. The molecule has 0 aromatic heterocycles. The van der Waals surface area contributed by atoms with E-state index in [2.05, 4.69) is 26.6 Å². The predicted octanol–water partition coefficient (Wildman–Crippen LogP) is 3.22. The van der Waals surface area contributed by atoms with Gasteiger partial charge in [0.2, 0.25) is 11.8 Å². The van der Waals surface area contributed by atoms with Crippen LogP contribution in [0.25, 0.3) is 0 Å². The fourth-order valence-corrected chi connectivity index (χ4v) is 2.72. The molecule has 0 bridgehead atoms. The number of hydrogen-bond acceptors (Lipinski definition) is 3. The summed E-state index contributed by atoms with van der Waals surface area (Å²) in [5.41, 5.74) is 0.739. The standard InChI is InChI=1S/C20H22BrFN2O3/c21-17-4-1-2-5-18(17)27-13-3-6-19(25)23-11-12-24-20(26)14-15-7-9-16(22)10-8-15/h1-2,4-5,7-10H,3,6,11-14H2,(H,23,25)(H,24,26). The molecule has 0 saturated heterocycles. The Morgan fingerprint density at radius 1 is 0.963 bits per heavy atom. The monoisotopic (exact) mass is 436 g/mol. The first-order valence-corrected chi connectivity index (χ1v) is 9.49. The summed E-state index contributed by atoms with van der Waals surface area (Å²) in [6.07, 6.45) is 1.14. The molecular weight excluding hydrogens is 415 g/mol. The lowest BCUT2D eigenvalue weighted by molar-refractivity contribution is -0.122. The first-order chi connectivity index (χ1) is 13.0. The highest BCUT2D eigenvalue weighted by Gasteiger charge is 2.05. The lowest BCUT2D eigenvalue weighted by Crippen LogP contribution is -2.35. The van der Waals surface area contributed by atoms with E-state index >= 15 is 0 Å². The van der Waals surface area contributed by atoms with Crippen LogP contribution in [0.1, 0.15) is 18.4 Å². The maximum atomic E-state index is 12.8. The zero-order chi connectivity index (χ0) is 19.5. The van der Waals surface area contributed by atoms with E-state index in [1.165, 1.54) is 12.1 Å². The van der Waals surface area contributed by atoms with Crippen molar-refractivity contribution in [2.75, 3.05) is 19.7 Å². The largest absolute Gasteiger partial charge is 0.492 e. The number of hydrogen-bond donors (Lipinski definition) is 2. The van der Waals surface area contributed by atoms with Gasteiger partial charge >= 0.3 is 0 Å². The Labute approximate surface area is 166 Å². The quantitative estimate of drug-likeness (QED) is 0.561. The van der Waals surface area contributed by atoms with Crippen molar-refractivity contribution in [1.82, 2.24) is 10.6 Å². The number of ether oxygens (including phenoxy) is 1. The van der Waals surface area contributed by atoms with E-state index in [-0.39, 0.29) is 24.1 Å². The molecular formula is C20H22BrFN2O3. The molecule has 2 aromatic carbocycles. The number of amides is 2. The van der Waals surface area contributed by atoms with E-state index in [1.807, 2.05) is 24.3 Å². The fraction of sp³-hybridized carbons (Fsp3) is 0.300. The summed E-state index contributed by atoms with van der Waals surface area (Å²) in [5, 5.41) is 5.47. The highest BCUT2D eigenvalue weighted by atomic mass is 79.9. The first kappa shape index (κ1) is 20.9. The SMILES string of the molecule is O=C(CCCOc1ccccc1Br)NCCNC(=O)Cc1ccc(F)cc1. The van der Waals surface area contributed by atoms with Gasteiger partial charge in [-0.3, -0.25) is 9.59 Å². The first-order valence-electron chi connectivity index (χ1n) is 8.70. The van der Waals surface area contributed by atoms with Crippen LogP contribution >= 0.6 is 15.9 Å². The van der Waals surface area contributed by atoms with Crippen LogP contribution in [0.4, 0.5) is 4.39 Å². The summed E-state index contributed by atoms with van der Waals surface area (Å²) in [5.74, 6) is 0.168. The van der Waals surface area contributed by atoms with Crippen molar-refractivity contribution < 1.29 is 18.7 Å². The number of nitrogens with one attached hydrogen (secondary N) is 2. The zero-order valence-corrected chi connectivity index (χ0v) is 16.4. The third-order valence-corrected chi connectivity index (χ3v) is 4.34. The van der Waals surface area contributed by atoms with Crippen molar-refractivity contribution in [3.8, 4) is 5.75 Å². The van der Waals surface area contributed by atoms with Crippen molar-refractivity contribution in [3.05, 3.63) is 64.4 Å². The summed E-state index contributed by atoms with van der Waals surface area (Å²) in [6.45, 7) is 1.16. The van der Waals surface area contributed by atoms with Crippen LogP contribution in [0.5, 0.6) is 5.75 Å². The summed E-state index contributed by atoms with van der Waals surface area (Å²) < 4.78 is 19.3. The second-order valence-electron chi connectivity index (χ2n) is 5.89. The van der Waals surface area contributed by atoms with E-state index in [1.54, 1.807) is 12.1 Å². The summed E-state index contributed by atoms with van der Waals surface area (Å²) >= 11 is 3.40. The minimum Gasteiger partial charge on any atom is -0.492 e. The molecule has 2 amide bonds. The fourth-order valence-electron chi connectivity index (χ4n) is 2.32. The van der Waals surface area contributed by atoms with Gasteiger partial charge in [-0.25, -0.2) is 4.39 Å².